The Hall–Kier alpha value is -2.48. The van der Waals surface area contributed by atoms with Gasteiger partial charge in [0.15, 0.2) is 6.17 Å². The van der Waals surface area contributed by atoms with Crippen LogP contribution in [-0.2, 0) is 6.42 Å². The molecule has 1 atom stereocenters. The zero-order valence-corrected chi connectivity index (χ0v) is 18.5. The Morgan fingerprint density at radius 2 is 1.83 bits per heavy atom. The molecule has 1 aliphatic rings. The predicted octanol–water partition coefficient (Wildman–Crippen LogP) is 3.30. The van der Waals surface area contributed by atoms with Crippen molar-refractivity contribution in [2.24, 2.45) is 0 Å². The third kappa shape index (κ3) is 4.75. The molecule has 8 nitrogen and oxygen atoms in total. The van der Waals surface area contributed by atoms with Crippen molar-refractivity contribution in [3.8, 4) is 5.75 Å². The molecule has 29 heavy (non-hydrogen) atoms. The molecule has 0 spiro atoms. The van der Waals surface area contributed by atoms with Crippen LogP contribution in [0.4, 0.5) is 9.59 Å². The van der Waals surface area contributed by atoms with Crippen LogP contribution in [-0.4, -0.2) is 69.6 Å². The molecule has 0 aromatic heterocycles. The Morgan fingerprint density at radius 1 is 1.24 bits per heavy atom. The van der Waals surface area contributed by atoms with Crippen molar-refractivity contribution in [3.63, 3.8) is 0 Å². The number of urea groups is 2. The summed E-state index contributed by atoms with van der Waals surface area (Å²) in [5.74, 6) is 0.782. The highest BCUT2D eigenvalue weighted by atomic mass is 16.5. The molecule has 1 aliphatic heterocycles. The first-order valence-electron chi connectivity index (χ1n) is 10.0. The second kappa shape index (κ2) is 8.90. The fraction of sp³-hybridized carbons (Fsp3) is 0.619. The lowest BCUT2D eigenvalue weighted by molar-refractivity contribution is -0.137. The van der Waals surface area contributed by atoms with Crippen LogP contribution in [0.25, 0.3) is 0 Å². The van der Waals surface area contributed by atoms with Crippen LogP contribution in [0.5, 0.6) is 5.75 Å². The van der Waals surface area contributed by atoms with Gasteiger partial charge in [-0.3, -0.25) is 10.1 Å². The molecular formula is C21H34N4O4. The number of carbonyl (C=O) groups is 2. The number of ether oxygens (including phenoxy) is 1. The largest absolute Gasteiger partial charge is 0.497 e. The number of nitrogens with zero attached hydrogens (tertiary/aromatic N) is 3. The highest BCUT2D eigenvalue weighted by molar-refractivity contribution is 5.81. The second-order valence-electron chi connectivity index (χ2n) is 8.51. The van der Waals surface area contributed by atoms with Gasteiger partial charge in [0.25, 0.3) is 0 Å². The van der Waals surface area contributed by atoms with Gasteiger partial charge < -0.3 is 15.0 Å². The predicted molar refractivity (Wildman–Crippen MR) is 111 cm³/mol. The van der Waals surface area contributed by atoms with Crippen molar-refractivity contribution >= 4 is 12.1 Å². The highest BCUT2D eigenvalue weighted by Crippen LogP contribution is 2.36. The van der Waals surface area contributed by atoms with Gasteiger partial charge in [0, 0.05) is 18.6 Å². The molecular weight excluding hydrogens is 372 g/mol. The lowest BCUT2D eigenvalue weighted by Crippen LogP contribution is -2.60. The number of hydroxylamine groups is 2. The van der Waals surface area contributed by atoms with E-state index in [0.717, 1.165) is 11.3 Å². The summed E-state index contributed by atoms with van der Waals surface area (Å²) in [7, 11) is 1.62. The van der Waals surface area contributed by atoms with Crippen LogP contribution >= 0.6 is 0 Å². The van der Waals surface area contributed by atoms with E-state index in [2.05, 4.69) is 5.32 Å². The van der Waals surface area contributed by atoms with Gasteiger partial charge in [-0.2, -0.15) is 5.06 Å². The van der Waals surface area contributed by atoms with Gasteiger partial charge in [-0.15, -0.1) is 0 Å². The maximum atomic E-state index is 13.2. The minimum absolute atomic E-state index is 0.129. The lowest BCUT2D eigenvalue weighted by atomic mass is 9.99. The zero-order valence-electron chi connectivity index (χ0n) is 18.5. The van der Waals surface area contributed by atoms with Gasteiger partial charge in [-0.25, -0.2) is 9.59 Å². The number of methoxy groups -OCH3 is 1. The topological polar surface area (TPSA) is 85.3 Å². The van der Waals surface area contributed by atoms with Crippen LogP contribution in [0.3, 0.4) is 0 Å². The molecule has 0 bridgehead atoms. The standard InChI is InChI=1S/C21H34N4O4/c1-14(2)22-19(26)25(28)18-21(5,6)23(20(27)24(18)15(3)4)13-12-16-8-10-17(29-7)11-9-16/h8-11,14-15,18,28H,12-13H2,1-7H3,(H,22,26). The van der Waals surface area contributed by atoms with E-state index in [1.165, 1.54) is 0 Å². The highest BCUT2D eigenvalue weighted by Gasteiger charge is 2.55. The summed E-state index contributed by atoms with van der Waals surface area (Å²) in [5, 5.41) is 14.0. The number of rotatable bonds is 7. The molecule has 1 fully saturated rings. The van der Waals surface area contributed by atoms with Crippen LogP contribution < -0.4 is 10.1 Å². The fourth-order valence-electron chi connectivity index (χ4n) is 3.73. The zero-order chi connectivity index (χ0) is 21.9. The molecule has 162 valence electrons. The van der Waals surface area contributed by atoms with E-state index in [4.69, 9.17) is 4.74 Å². The Morgan fingerprint density at radius 3 is 2.31 bits per heavy atom. The summed E-state index contributed by atoms with van der Waals surface area (Å²) in [6.45, 7) is 11.6. The van der Waals surface area contributed by atoms with E-state index in [0.29, 0.717) is 18.0 Å². The molecule has 2 rings (SSSR count). The Bertz CT molecular complexity index is 718. The quantitative estimate of drug-likeness (QED) is 0.537. The van der Waals surface area contributed by atoms with Crippen molar-refractivity contribution in [2.75, 3.05) is 13.7 Å². The summed E-state index contributed by atoms with van der Waals surface area (Å²) in [4.78, 5) is 28.9. The summed E-state index contributed by atoms with van der Waals surface area (Å²) in [6.07, 6.45) is -0.147. The van der Waals surface area contributed by atoms with Crippen molar-refractivity contribution in [1.82, 2.24) is 20.2 Å². The van der Waals surface area contributed by atoms with E-state index in [9.17, 15) is 14.8 Å². The SMILES string of the molecule is COc1ccc(CCN2C(=O)N(C(C)C)C(N(O)C(=O)NC(C)C)C2(C)C)cc1. The van der Waals surface area contributed by atoms with Crippen LogP contribution in [0, 0.1) is 0 Å². The molecule has 1 saturated heterocycles. The van der Waals surface area contributed by atoms with E-state index in [1.807, 2.05) is 65.8 Å². The molecule has 0 saturated carbocycles. The molecule has 1 aromatic carbocycles. The summed E-state index contributed by atoms with van der Waals surface area (Å²) in [5.41, 5.74) is 0.295. The normalized spacial score (nSPS) is 18.6. The third-order valence-corrected chi connectivity index (χ3v) is 5.23. The van der Waals surface area contributed by atoms with Gasteiger partial charge >= 0.3 is 12.1 Å². The molecule has 1 unspecified atom stereocenters. The first-order chi connectivity index (χ1) is 13.5. The number of hydrogen-bond acceptors (Lipinski definition) is 4. The summed E-state index contributed by atoms with van der Waals surface area (Å²) >= 11 is 0. The summed E-state index contributed by atoms with van der Waals surface area (Å²) < 4.78 is 5.19. The molecule has 1 aromatic rings. The van der Waals surface area contributed by atoms with Crippen molar-refractivity contribution < 1.29 is 19.5 Å². The number of benzene rings is 1. The van der Waals surface area contributed by atoms with Crippen molar-refractivity contribution in [3.05, 3.63) is 29.8 Å². The number of amides is 4. The average Bonchev–Trinajstić information content (AvgIpc) is 2.84. The van der Waals surface area contributed by atoms with Crippen LogP contribution in [0.15, 0.2) is 24.3 Å². The molecule has 0 aliphatic carbocycles. The number of nitrogens with one attached hydrogen (secondary N) is 1. The summed E-state index contributed by atoms with van der Waals surface area (Å²) in [6, 6.07) is 6.60. The van der Waals surface area contributed by atoms with Crippen LogP contribution in [0.1, 0.15) is 47.1 Å². The van der Waals surface area contributed by atoms with Gasteiger partial charge in [0.2, 0.25) is 0 Å². The maximum absolute atomic E-state index is 13.2. The monoisotopic (exact) mass is 406 g/mol. The van der Waals surface area contributed by atoms with Crippen molar-refractivity contribution in [1.29, 1.82) is 0 Å². The van der Waals surface area contributed by atoms with E-state index >= 15 is 0 Å². The van der Waals surface area contributed by atoms with E-state index < -0.39 is 17.7 Å². The minimum atomic E-state index is -0.801. The minimum Gasteiger partial charge on any atom is -0.497 e. The van der Waals surface area contributed by atoms with Crippen molar-refractivity contribution in [2.45, 2.75) is 71.8 Å². The van der Waals surface area contributed by atoms with Crippen LogP contribution in [0.2, 0.25) is 0 Å². The van der Waals surface area contributed by atoms with Gasteiger partial charge in [-0.05, 0) is 65.7 Å². The molecule has 2 N–H and O–H groups in total. The molecule has 8 heteroatoms. The first kappa shape index (κ1) is 22.8. The fourth-order valence-corrected chi connectivity index (χ4v) is 3.73. The molecule has 4 amide bonds. The molecule has 1 heterocycles. The van der Waals surface area contributed by atoms with Gasteiger partial charge in [-0.1, -0.05) is 12.1 Å². The lowest BCUT2D eigenvalue weighted by Gasteiger charge is -2.39. The Balaban J connectivity index is 2.24. The van der Waals surface area contributed by atoms with E-state index in [1.54, 1.807) is 16.9 Å². The second-order valence-corrected chi connectivity index (χ2v) is 8.51. The van der Waals surface area contributed by atoms with E-state index in [-0.39, 0.29) is 18.1 Å². The van der Waals surface area contributed by atoms with Gasteiger partial charge in [0.1, 0.15) is 5.75 Å². The average molecular weight is 407 g/mol. The smallest absolute Gasteiger partial charge is 0.343 e. The van der Waals surface area contributed by atoms with Gasteiger partial charge in [0.05, 0.1) is 12.6 Å². The maximum Gasteiger partial charge on any atom is 0.343 e. The Kier molecular flexibility index (Phi) is 7.00. The third-order valence-electron chi connectivity index (χ3n) is 5.23. The Labute approximate surface area is 173 Å². The number of carbonyl (C=O) groups excluding carboxylic acids is 2. The molecule has 0 radical (unpaired) electrons. The number of hydrogen-bond donors (Lipinski definition) is 2. The first-order valence-corrected chi connectivity index (χ1v) is 10.0.